The van der Waals surface area contributed by atoms with Crippen LogP contribution in [0.15, 0.2) is 42.5 Å². The molecule has 1 heterocycles. The Labute approximate surface area is 117 Å². The van der Waals surface area contributed by atoms with E-state index in [0.29, 0.717) is 23.6 Å². The summed E-state index contributed by atoms with van der Waals surface area (Å²) in [6, 6.07) is 13.1. The molecule has 2 aromatic carbocycles. The minimum atomic E-state index is 0.0843. The van der Waals surface area contributed by atoms with Crippen molar-refractivity contribution in [2.24, 2.45) is 0 Å². The van der Waals surface area contributed by atoms with E-state index in [9.17, 15) is 4.79 Å². The first kappa shape index (κ1) is 12.2. The first-order valence-electron chi connectivity index (χ1n) is 6.26. The van der Waals surface area contributed by atoms with Gasteiger partial charge in [0.25, 0.3) is 0 Å². The van der Waals surface area contributed by atoms with Crippen molar-refractivity contribution in [2.75, 3.05) is 6.61 Å². The van der Waals surface area contributed by atoms with Crippen molar-refractivity contribution in [1.82, 2.24) is 0 Å². The fourth-order valence-corrected chi connectivity index (χ4v) is 2.44. The largest absolute Gasteiger partial charge is 0.492 e. The zero-order valence-electron chi connectivity index (χ0n) is 10.4. The number of rotatable bonds is 3. The van der Waals surface area contributed by atoms with Crippen molar-refractivity contribution in [3.63, 3.8) is 0 Å². The van der Waals surface area contributed by atoms with E-state index in [1.807, 2.05) is 30.3 Å². The fraction of sp³-hybridized carbons (Fsp3) is 0.188. The smallest absolute Gasteiger partial charge is 0.170 e. The number of hydrogen-bond donors (Lipinski definition) is 0. The molecule has 0 fully saturated rings. The summed E-state index contributed by atoms with van der Waals surface area (Å²) in [6.07, 6.45) is 1.26. The van der Waals surface area contributed by atoms with Crippen molar-refractivity contribution in [1.29, 1.82) is 0 Å². The molecule has 1 aliphatic heterocycles. The number of para-hydroxylation sites is 1. The maximum atomic E-state index is 12.3. The quantitative estimate of drug-likeness (QED) is 0.797. The number of fused-ring (bicyclic) bond motifs is 1. The monoisotopic (exact) mass is 272 g/mol. The van der Waals surface area contributed by atoms with Crippen molar-refractivity contribution < 1.29 is 9.53 Å². The van der Waals surface area contributed by atoms with E-state index >= 15 is 0 Å². The summed E-state index contributed by atoms with van der Waals surface area (Å²) < 4.78 is 5.57. The summed E-state index contributed by atoms with van der Waals surface area (Å²) in [7, 11) is 0. The SMILES string of the molecule is O=C(Cc1ccc(Cl)cc1)c1cccc2c1OCC2. The molecule has 0 aliphatic carbocycles. The summed E-state index contributed by atoms with van der Waals surface area (Å²) in [4.78, 5) is 12.3. The van der Waals surface area contributed by atoms with Gasteiger partial charge in [-0.1, -0.05) is 35.9 Å². The number of carbonyl (C=O) groups excluding carboxylic acids is 1. The number of hydrogen-bond acceptors (Lipinski definition) is 2. The van der Waals surface area contributed by atoms with Gasteiger partial charge >= 0.3 is 0 Å². The molecule has 0 bridgehead atoms. The number of halogens is 1. The maximum absolute atomic E-state index is 12.3. The van der Waals surface area contributed by atoms with Gasteiger partial charge in [-0.2, -0.15) is 0 Å². The molecular weight excluding hydrogens is 260 g/mol. The third-order valence-corrected chi connectivity index (χ3v) is 3.54. The van der Waals surface area contributed by atoms with Gasteiger partial charge in [0.1, 0.15) is 5.75 Å². The van der Waals surface area contributed by atoms with Gasteiger partial charge in [-0.15, -0.1) is 0 Å². The molecule has 0 amide bonds. The Hall–Kier alpha value is -1.80. The standard InChI is InChI=1S/C16H13ClO2/c17-13-6-4-11(5-7-13)10-15(18)14-3-1-2-12-8-9-19-16(12)14/h1-7H,8-10H2. The minimum absolute atomic E-state index is 0.0843. The molecule has 0 atom stereocenters. The molecule has 0 aromatic heterocycles. The van der Waals surface area contributed by atoms with Crippen LogP contribution < -0.4 is 4.74 Å². The fourth-order valence-electron chi connectivity index (χ4n) is 2.32. The van der Waals surface area contributed by atoms with Crippen LogP contribution >= 0.6 is 11.6 Å². The van der Waals surface area contributed by atoms with Gasteiger partial charge in [-0.25, -0.2) is 0 Å². The highest BCUT2D eigenvalue weighted by molar-refractivity contribution is 6.30. The Balaban J connectivity index is 1.85. The van der Waals surface area contributed by atoms with E-state index in [0.717, 1.165) is 23.3 Å². The molecule has 1 aliphatic rings. The average Bonchev–Trinajstić information content (AvgIpc) is 2.89. The Morgan fingerprint density at radius 3 is 2.74 bits per heavy atom. The van der Waals surface area contributed by atoms with Crippen LogP contribution in [0.1, 0.15) is 21.5 Å². The molecule has 0 unspecified atom stereocenters. The normalized spacial score (nSPS) is 12.9. The van der Waals surface area contributed by atoms with Gasteiger partial charge in [0.05, 0.1) is 12.2 Å². The zero-order chi connectivity index (χ0) is 13.2. The highest BCUT2D eigenvalue weighted by Crippen LogP contribution is 2.30. The first-order valence-corrected chi connectivity index (χ1v) is 6.64. The van der Waals surface area contributed by atoms with E-state index in [-0.39, 0.29) is 5.78 Å². The van der Waals surface area contributed by atoms with Gasteiger partial charge in [-0.3, -0.25) is 4.79 Å². The van der Waals surface area contributed by atoms with Crippen LogP contribution in [0.5, 0.6) is 5.75 Å². The molecule has 3 rings (SSSR count). The second-order valence-electron chi connectivity index (χ2n) is 4.62. The number of ketones is 1. The van der Waals surface area contributed by atoms with Crippen LogP contribution in [0.2, 0.25) is 5.02 Å². The second kappa shape index (κ2) is 5.06. The molecule has 0 N–H and O–H groups in total. The molecule has 2 aromatic rings. The second-order valence-corrected chi connectivity index (χ2v) is 5.06. The maximum Gasteiger partial charge on any atom is 0.170 e. The lowest BCUT2D eigenvalue weighted by molar-refractivity contribution is 0.0990. The van der Waals surface area contributed by atoms with Crippen molar-refractivity contribution in [2.45, 2.75) is 12.8 Å². The summed E-state index contributed by atoms with van der Waals surface area (Å²) in [5, 5.41) is 0.681. The Morgan fingerprint density at radius 2 is 1.95 bits per heavy atom. The number of benzene rings is 2. The van der Waals surface area contributed by atoms with Crippen LogP contribution in [0.4, 0.5) is 0 Å². The van der Waals surface area contributed by atoms with E-state index < -0.39 is 0 Å². The predicted molar refractivity (Wildman–Crippen MR) is 75.1 cm³/mol. The average molecular weight is 273 g/mol. The van der Waals surface area contributed by atoms with Gasteiger partial charge in [-0.05, 0) is 29.3 Å². The Morgan fingerprint density at radius 1 is 1.16 bits per heavy atom. The molecule has 96 valence electrons. The van der Waals surface area contributed by atoms with Gasteiger partial charge in [0.15, 0.2) is 5.78 Å². The number of carbonyl (C=O) groups is 1. The van der Waals surface area contributed by atoms with Crippen LogP contribution in [0, 0.1) is 0 Å². The van der Waals surface area contributed by atoms with E-state index in [1.165, 1.54) is 0 Å². The highest BCUT2D eigenvalue weighted by Gasteiger charge is 2.20. The predicted octanol–water partition coefficient (Wildman–Crippen LogP) is 3.70. The highest BCUT2D eigenvalue weighted by atomic mass is 35.5. The van der Waals surface area contributed by atoms with E-state index in [2.05, 4.69) is 0 Å². The summed E-state index contributed by atoms with van der Waals surface area (Å²) in [5.41, 5.74) is 2.77. The lowest BCUT2D eigenvalue weighted by Crippen LogP contribution is -2.05. The molecule has 2 nitrogen and oxygen atoms in total. The molecular formula is C16H13ClO2. The van der Waals surface area contributed by atoms with Gasteiger partial charge in [0.2, 0.25) is 0 Å². The zero-order valence-corrected chi connectivity index (χ0v) is 11.1. The summed E-state index contributed by atoms with van der Waals surface area (Å²) >= 11 is 5.84. The van der Waals surface area contributed by atoms with Crippen molar-refractivity contribution in [3.05, 3.63) is 64.2 Å². The lowest BCUT2D eigenvalue weighted by Gasteiger charge is -2.07. The Bertz CT molecular complexity index is 617. The molecule has 3 heteroatoms. The van der Waals surface area contributed by atoms with E-state index in [4.69, 9.17) is 16.3 Å². The summed E-state index contributed by atoms with van der Waals surface area (Å²) in [6.45, 7) is 0.667. The molecule has 0 spiro atoms. The molecule has 0 saturated heterocycles. The van der Waals surface area contributed by atoms with Gasteiger partial charge < -0.3 is 4.74 Å². The third-order valence-electron chi connectivity index (χ3n) is 3.29. The number of ether oxygens (including phenoxy) is 1. The molecule has 0 saturated carbocycles. The molecule has 0 radical (unpaired) electrons. The van der Waals surface area contributed by atoms with Crippen molar-refractivity contribution in [3.8, 4) is 5.75 Å². The molecule has 19 heavy (non-hydrogen) atoms. The number of Topliss-reactive ketones (excluding diaryl/α,β-unsaturated/α-hetero) is 1. The van der Waals surface area contributed by atoms with Crippen LogP contribution in [-0.4, -0.2) is 12.4 Å². The topological polar surface area (TPSA) is 26.3 Å². The van der Waals surface area contributed by atoms with Crippen molar-refractivity contribution >= 4 is 17.4 Å². The minimum Gasteiger partial charge on any atom is -0.492 e. The van der Waals surface area contributed by atoms with E-state index in [1.54, 1.807) is 12.1 Å². The first-order chi connectivity index (χ1) is 9.24. The lowest BCUT2D eigenvalue weighted by atomic mass is 10.00. The Kier molecular flexibility index (Phi) is 3.26. The van der Waals surface area contributed by atoms with Crippen LogP contribution in [0.3, 0.4) is 0 Å². The van der Waals surface area contributed by atoms with Crippen LogP contribution in [-0.2, 0) is 12.8 Å². The van der Waals surface area contributed by atoms with Gasteiger partial charge in [0, 0.05) is 17.9 Å². The van der Waals surface area contributed by atoms with Crippen LogP contribution in [0.25, 0.3) is 0 Å². The third kappa shape index (κ3) is 2.49. The summed E-state index contributed by atoms with van der Waals surface area (Å²) in [5.74, 6) is 0.850.